The lowest BCUT2D eigenvalue weighted by Gasteiger charge is -2.33. The van der Waals surface area contributed by atoms with E-state index in [-0.39, 0.29) is 29.7 Å². The third kappa shape index (κ3) is 8.27. The minimum Gasteiger partial charge on any atom is -0.508 e. The van der Waals surface area contributed by atoms with Crippen molar-refractivity contribution in [3.8, 4) is 5.75 Å². The standard InChI is InChI=1S/C19H32N4O.HI/c1-3-20-19(22-15-17-9-6-10-18(24)14-17)21-11-7-13-23-12-5-4-8-16(23)2;/h6,9-10,14,16,24H,3-5,7-8,11-13,15H2,1-2H3,(H2,20,21,22);1H. The quantitative estimate of drug-likeness (QED) is 0.253. The minimum absolute atomic E-state index is 0. The SMILES string of the molecule is CCNC(=NCc1cccc(O)c1)NCCCN1CCCCC1C.I. The smallest absolute Gasteiger partial charge is 0.191 e. The van der Waals surface area contributed by atoms with Crippen LogP contribution in [-0.4, -0.2) is 48.2 Å². The van der Waals surface area contributed by atoms with Crippen molar-refractivity contribution >= 4 is 29.9 Å². The number of aliphatic imine (C=N–C) groups is 1. The van der Waals surface area contributed by atoms with Crippen LogP contribution in [0.5, 0.6) is 5.75 Å². The first-order chi connectivity index (χ1) is 11.7. The number of phenols is 1. The van der Waals surface area contributed by atoms with E-state index in [9.17, 15) is 5.11 Å². The number of aromatic hydroxyl groups is 1. The Balaban J connectivity index is 0.00000312. The zero-order valence-corrected chi connectivity index (χ0v) is 17.8. The van der Waals surface area contributed by atoms with E-state index in [4.69, 9.17) is 0 Å². The van der Waals surface area contributed by atoms with Crippen LogP contribution in [0.15, 0.2) is 29.3 Å². The van der Waals surface area contributed by atoms with Gasteiger partial charge in [-0.15, -0.1) is 24.0 Å². The molecule has 0 spiro atoms. The van der Waals surface area contributed by atoms with Crippen LogP contribution in [-0.2, 0) is 6.54 Å². The van der Waals surface area contributed by atoms with Gasteiger partial charge in [-0.25, -0.2) is 4.99 Å². The van der Waals surface area contributed by atoms with Gasteiger partial charge < -0.3 is 20.6 Å². The fourth-order valence-electron chi connectivity index (χ4n) is 3.15. The zero-order chi connectivity index (χ0) is 17.2. The van der Waals surface area contributed by atoms with Crippen LogP contribution in [0.2, 0.25) is 0 Å². The van der Waals surface area contributed by atoms with Crippen molar-refractivity contribution in [3.05, 3.63) is 29.8 Å². The number of rotatable bonds is 7. The molecule has 1 heterocycles. The summed E-state index contributed by atoms with van der Waals surface area (Å²) in [5, 5.41) is 16.2. The van der Waals surface area contributed by atoms with Gasteiger partial charge in [0.1, 0.15) is 5.75 Å². The Hall–Kier alpha value is -1.02. The third-order valence-corrected chi connectivity index (χ3v) is 4.53. The molecule has 6 heteroatoms. The van der Waals surface area contributed by atoms with E-state index >= 15 is 0 Å². The maximum atomic E-state index is 9.52. The highest BCUT2D eigenvalue weighted by molar-refractivity contribution is 14.0. The van der Waals surface area contributed by atoms with Crippen LogP contribution < -0.4 is 10.6 Å². The molecule has 2 rings (SSSR count). The molecule has 3 N–H and O–H groups in total. The van der Waals surface area contributed by atoms with Crippen molar-refractivity contribution in [1.29, 1.82) is 0 Å². The summed E-state index contributed by atoms with van der Waals surface area (Å²) in [6, 6.07) is 7.99. The van der Waals surface area contributed by atoms with E-state index in [0.717, 1.165) is 43.6 Å². The van der Waals surface area contributed by atoms with Crippen molar-refractivity contribution in [2.45, 2.75) is 52.1 Å². The normalized spacial score (nSPS) is 18.5. The number of phenolic OH excluding ortho intramolecular Hbond substituents is 1. The molecule has 0 bridgehead atoms. The minimum atomic E-state index is 0. The summed E-state index contributed by atoms with van der Waals surface area (Å²) < 4.78 is 0. The number of hydrogen-bond acceptors (Lipinski definition) is 3. The van der Waals surface area contributed by atoms with E-state index < -0.39 is 0 Å². The molecule has 0 saturated carbocycles. The zero-order valence-electron chi connectivity index (χ0n) is 15.5. The Morgan fingerprint density at radius 2 is 2.16 bits per heavy atom. The van der Waals surface area contributed by atoms with Gasteiger partial charge in [0, 0.05) is 25.7 Å². The fraction of sp³-hybridized carbons (Fsp3) is 0.632. The third-order valence-electron chi connectivity index (χ3n) is 4.53. The van der Waals surface area contributed by atoms with Crippen molar-refractivity contribution in [3.63, 3.8) is 0 Å². The summed E-state index contributed by atoms with van der Waals surface area (Å²) in [4.78, 5) is 7.19. The van der Waals surface area contributed by atoms with Crippen LogP contribution in [0.25, 0.3) is 0 Å². The summed E-state index contributed by atoms with van der Waals surface area (Å²) in [5.41, 5.74) is 1.01. The van der Waals surface area contributed by atoms with Gasteiger partial charge in [0.05, 0.1) is 6.54 Å². The van der Waals surface area contributed by atoms with E-state index in [1.54, 1.807) is 12.1 Å². The van der Waals surface area contributed by atoms with E-state index in [1.165, 1.54) is 25.8 Å². The molecule has 0 aromatic heterocycles. The number of piperidine rings is 1. The van der Waals surface area contributed by atoms with Crippen LogP contribution in [0.1, 0.15) is 45.1 Å². The molecule has 0 amide bonds. The average Bonchev–Trinajstić information content (AvgIpc) is 2.58. The lowest BCUT2D eigenvalue weighted by atomic mass is 10.0. The molecule has 1 aliphatic rings. The van der Waals surface area contributed by atoms with E-state index in [0.29, 0.717) is 6.54 Å². The van der Waals surface area contributed by atoms with Gasteiger partial charge in [0.25, 0.3) is 0 Å². The largest absolute Gasteiger partial charge is 0.508 e. The van der Waals surface area contributed by atoms with Gasteiger partial charge in [0.2, 0.25) is 0 Å². The number of nitrogens with zero attached hydrogens (tertiary/aromatic N) is 2. The van der Waals surface area contributed by atoms with Gasteiger partial charge in [0.15, 0.2) is 5.96 Å². The number of nitrogens with one attached hydrogen (secondary N) is 2. The Bertz CT molecular complexity index is 524. The monoisotopic (exact) mass is 460 g/mol. The van der Waals surface area contributed by atoms with Crippen molar-refractivity contribution in [2.75, 3.05) is 26.2 Å². The van der Waals surface area contributed by atoms with Gasteiger partial charge in [-0.1, -0.05) is 18.6 Å². The Labute approximate surface area is 169 Å². The van der Waals surface area contributed by atoms with Gasteiger partial charge in [-0.05, 0) is 57.4 Å². The lowest BCUT2D eigenvalue weighted by Crippen LogP contribution is -2.41. The molecule has 5 nitrogen and oxygen atoms in total. The van der Waals surface area contributed by atoms with Crippen molar-refractivity contribution in [2.24, 2.45) is 4.99 Å². The molecular formula is C19H33IN4O. The second-order valence-electron chi connectivity index (χ2n) is 6.53. The second kappa shape index (κ2) is 12.4. The molecule has 142 valence electrons. The van der Waals surface area contributed by atoms with Crippen LogP contribution in [0, 0.1) is 0 Å². The molecule has 1 unspecified atom stereocenters. The first-order valence-corrected chi connectivity index (χ1v) is 9.23. The summed E-state index contributed by atoms with van der Waals surface area (Å²) in [5.74, 6) is 1.13. The Kier molecular flexibility index (Phi) is 10.9. The molecule has 0 radical (unpaired) electrons. The first-order valence-electron chi connectivity index (χ1n) is 9.23. The summed E-state index contributed by atoms with van der Waals surface area (Å²) in [6.07, 6.45) is 5.18. The molecule has 25 heavy (non-hydrogen) atoms. The highest BCUT2D eigenvalue weighted by Crippen LogP contribution is 2.16. The van der Waals surface area contributed by atoms with Crippen LogP contribution >= 0.6 is 24.0 Å². The molecule has 1 aromatic rings. The maximum Gasteiger partial charge on any atom is 0.191 e. The highest BCUT2D eigenvalue weighted by Gasteiger charge is 2.17. The van der Waals surface area contributed by atoms with Gasteiger partial charge in [-0.2, -0.15) is 0 Å². The Morgan fingerprint density at radius 3 is 2.88 bits per heavy atom. The summed E-state index contributed by atoms with van der Waals surface area (Å²) >= 11 is 0. The summed E-state index contributed by atoms with van der Waals surface area (Å²) in [6.45, 7) is 9.14. The number of guanidine groups is 1. The van der Waals surface area contributed by atoms with Crippen molar-refractivity contribution in [1.82, 2.24) is 15.5 Å². The van der Waals surface area contributed by atoms with Gasteiger partial charge >= 0.3 is 0 Å². The highest BCUT2D eigenvalue weighted by atomic mass is 127. The molecule has 0 aliphatic carbocycles. The fourth-order valence-corrected chi connectivity index (χ4v) is 3.15. The van der Waals surface area contributed by atoms with Crippen LogP contribution in [0.3, 0.4) is 0 Å². The molecule has 1 fully saturated rings. The van der Waals surface area contributed by atoms with E-state index in [2.05, 4.69) is 34.4 Å². The van der Waals surface area contributed by atoms with E-state index in [1.807, 2.05) is 12.1 Å². The van der Waals surface area contributed by atoms with Crippen LogP contribution in [0.4, 0.5) is 0 Å². The Morgan fingerprint density at radius 1 is 1.32 bits per heavy atom. The molecule has 1 atom stereocenters. The predicted octanol–water partition coefficient (Wildman–Crippen LogP) is 3.33. The topological polar surface area (TPSA) is 59.9 Å². The van der Waals surface area contributed by atoms with Crippen molar-refractivity contribution < 1.29 is 5.11 Å². The number of likely N-dealkylation sites (tertiary alicyclic amines) is 1. The molecular weight excluding hydrogens is 427 g/mol. The molecule has 1 aliphatic heterocycles. The summed E-state index contributed by atoms with van der Waals surface area (Å²) in [7, 11) is 0. The number of halogens is 1. The van der Waals surface area contributed by atoms with Gasteiger partial charge in [-0.3, -0.25) is 0 Å². The molecule has 1 saturated heterocycles. The maximum absolute atomic E-state index is 9.52. The lowest BCUT2D eigenvalue weighted by molar-refractivity contribution is 0.159. The number of benzene rings is 1. The first kappa shape index (κ1) is 22.0. The second-order valence-corrected chi connectivity index (χ2v) is 6.53. The predicted molar refractivity (Wildman–Crippen MR) is 116 cm³/mol. The average molecular weight is 460 g/mol. The molecule has 1 aromatic carbocycles. The number of hydrogen-bond donors (Lipinski definition) is 3.